The number of piperidine rings is 1. The van der Waals surface area contributed by atoms with E-state index in [9.17, 15) is 0 Å². The summed E-state index contributed by atoms with van der Waals surface area (Å²) in [5, 5.41) is 0. The molecule has 1 saturated heterocycles. The first-order chi connectivity index (χ1) is 10.1. The van der Waals surface area contributed by atoms with Gasteiger partial charge in [-0.05, 0) is 19.4 Å². The zero-order chi connectivity index (χ0) is 15.4. The number of rotatable bonds is 5. The minimum absolute atomic E-state index is 0.336. The van der Waals surface area contributed by atoms with Crippen molar-refractivity contribution in [3.8, 4) is 0 Å². The van der Waals surface area contributed by atoms with Crippen molar-refractivity contribution >= 4 is 5.69 Å². The molecule has 0 aromatic carbocycles. The molecule has 0 amide bonds. The van der Waals surface area contributed by atoms with E-state index in [1.54, 1.807) is 0 Å². The lowest BCUT2D eigenvalue weighted by Crippen LogP contribution is -2.43. The lowest BCUT2D eigenvalue weighted by atomic mass is 10.0. The highest BCUT2D eigenvalue weighted by atomic mass is 15.2. The zero-order valence-corrected chi connectivity index (χ0v) is 13.8. The van der Waals surface area contributed by atoms with Gasteiger partial charge in [-0.2, -0.15) is 0 Å². The van der Waals surface area contributed by atoms with Gasteiger partial charge in [0.15, 0.2) is 0 Å². The Morgan fingerprint density at radius 2 is 2.05 bits per heavy atom. The minimum atomic E-state index is 0.336. The molecule has 5 heteroatoms. The molecule has 0 spiro atoms. The van der Waals surface area contributed by atoms with Crippen LogP contribution in [0.15, 0.2) is 6.20 Å². The SMILES string of the molecule is CCN1CCC(N(C)c2cnc(C(C)C)nc2CN)CC1. The summed E-state index contributed by atoms with van der Waals surface area (Å²) in [5.41, 5.74) is 7.97. The summed E-state index contributed by atoms with van der Waals surface area (Å²) in [7, 11) is 2.15. The van der Waals surface area contributed by atoms with Gasteiger partial charge in [0.05, 0.1) is 17.6 Å². The number of nitrogens with zero attached hydrogens (tertiary/aromatic N) is 4. The summed E-state index contributed by atoms with van der Waals surface area (Å²) in [5.74, 6) is 1.22. The fraction of sp³-hybridized carbons (Fsp3) is 0.750. The molecule has 1 aromatic heterocycles. The van der Waals surface area contributed by atoms with E-state index in [1.165, 1.54) is 25.9 Å². The second kappa shape index (κ2) is 7.18. The fourth-order valence-corrected chi connectivity index (χ4v) is 2.97. The number of hydrogen-bond donors (Lipinski definition) is 1. The molecule has 5 nitrogen and oxygen atoms in total. The van der Waals surface area contributed by atoms with Gasteiger partial charge >= 0.3 is 0 Å². The van der Waals surface area contributed by atoms with E-state index in [-0.39, 0.29) is 0 Å². The van der Waals surface area contributed by atoms with Gasteiger partial charge in [0.1, 0.15) is 5.82 Å². The molecule has 0 atom stereocenters. The van der Waals surface area contributed by atoms with Gasteiger partial charge in [0.25, 0.3) is 0 Å². The minimum Gasteiger partial charge on any atom is -0.369 e. The maximum atomic E-state index is 5.91. The molecule has 0 aliphatic carbocycles. The van der Waals surface area contributed by atoms with Crippen molar-refractivity contribution < 1.29 is 0 Å². The van der Waals surface area contributed by atoms with Gasteiger partial charge < -0.3 is 15.5 Å². The Labute approximate surface area is 128 Å². The van der Waals surface area contributed by atoms with E-state index in [0.29, 0.717) is 18.5 Å². The molecular weight excluding hydrogens is 262 g/mol. The van der Waals surface area contributed by atoms with Gasteiger partial charge in [-0.25, -0.2) is 9.97 Å². The van der Waals surface area contributed by atoms with Crippen LogP contribution in [-0.4, -0.2) is 47.6 Å². The van der Waals surface area contributed by atoms with Crippen molar-refractivity contribution in [2.75, 3.05) is 31.6 Å². The normalized spacial score (nSPS) is 17.4. The van der Waals surface area contributed by atoms with Crippen molar-refractivity contribution in [3.63, 3.8) is 0 Å². The third kappa shape index (κ3) is 3.71. The van der Waals surface area contributed by atoms with Crippen molar-refractivity contribution in [2.24, 2.45) is 5.73 Å². The predicted octanol–water partition coefficient (Wildman–Crippen LogP) is 1.98. The van der Waals surface area contributed by atoms with Gasteiger partial charge in [0.2, 0.25) is 0 Å². The Hall–Kier alpha value is -1.20. The highest BCUT2D eigenvalue weighted by Crippen LogP contribution is 2.25. The summed E-state index contributed by atoms with van der Waals surface area (Å²) in [6.07, 6.45) is 4.34. The molecular formula is C16H29N5. The van der Waals surface area contributed by atoms with E-state index in [0.717, 1.165) is 23.8 Å². The Morgan fingerprint density at radius 1 is 1.38 bits per heavy atom. The molecule has 1 aliphatic heterocycles. The van der Waals surface area contributed by atoms with Crippen LogP contribution in [0.2, 0.25) is 0 Å². The predicted molar refractivity (Wildman–Crippen MR) is 87.6 cm³/mol. The Bertz CT molecular complexity index is 452. The molecule has 1 aromatic rings. The molecule has 0 bridgehead atoms. The number of nitrogens with two attached hydrogens (primary N) is 1. The van der Waals surface area contributed by atoms with Crippen molar-refractivity contribution in [1.82, 2.24) is 14.9 Å². The molecule has 2 heterocycles. The first-order valence-corrected chi connectivity index (χ1v) is 8.07. The molecule has 21 heavy (non-hydrogen) atoms. The summed E-state index contributed by atoms with van der Waals surface area (Å²) < 4.78 is 0. The summed E-state index contributed by atoms with van der Waals surface area (Å²) in [4.78, 5) is 14.0. The number of likely N-dealkylation sites (tertiary alicyclic amines) is 1. The largest absolute Gasteiger partial charge is 0.369 e. The molecule has 118 valence electrons. The molecule has 1 aliphatic rings. The monoisotopic (exact) mass is 291 g/mol. The Morgan fingerprint density at radius 3 is 2.57 bits per heavy atom. The highest BCUT2D eigenvalue weighted by molar-refractivity contribution is 5.49. The van der Waals surface area contributed by atoms with Gasteiger partial charge in [0, 0.05) is 38.6 Å². The molecule has 0 radical (unpaired) electrons. The highest BCUT2D eigenvalue weighted by Gasteiger charge is 2.24. The lowest BCUT2D eigenvalue weighted by Gasteiger charge is -2.37. The van der Waals surface area contributed by atoms with Crippen molar-refractivity contribution in [3.05, 3.63) is 17.7 Å². The maximum Gasteiger partial charge on any atom is 0.131 e. The van der Waals surface area contributed by atoms with E-state index in [2.05, 4.69) is 47.6 Å². The van der Waals surface area contributed by atoms with Crippen LogP contribution >= 0.6 is 0 Å². The molecule has 0 unspecified atom stereocenters. The van der Waals surface area contributed by atoms with Crippen LogP contribution < -0.4 is 10.6 Å². The van der Waals surface area contributed by atoms with Crippen LogP contribution in [0.1, 0.15) is 51.0 Å². The summed E-state index contributed by atoms with van der Waals surface area (Å²) in [6.45, 7) is 10.4. The van der Waals surface area contributed by atoms with Gasteiger partial charge in [-0.15, -0.1) is 0 Å². The third-order valence-electron chi connectivity index (χ3n) is 4.51. The first kappa shape index (κ1) is 16.2. The fourth-order valence-electron chi connectivity index (χ4n) is 2.97. The Balaban J connectivity index is 2.13. The van der Waals surface area contributed by atoms with Gasteiger partial charge in [-0.3, -0.25) is 0 Å². The lowest BCUT2D eigenvalue weighted by molar-refractivity contribution is 0.220. The molecule has 2 N–H and O–H groups in total. The van der Waals surface area contributed by atoms with Crippen molar-refractivity contribution in [1.29, 1.82) is 0 Å². The second-order valence-corrected chi connectivity index (χ2v) is 6.20. The van der Waals surface area contributed by atoms with E-state index in [4.69, 9.17) is 5.73 Å². The van der Waals surface area contributed by atoms with Gasteiger partial charge in [-0.1, -0.05) is 20.8 Å². The number of aromatic nitrogens is 2. The summed E-state index contributed by atoms with van der Waals surface area (Å²) in [6, 6.07) is 0.562. The molecule has 0 saturated carbocycles. The van der Waals surface area contributed by atoms with E-state index < -0.39 is 0 Å². The molecule has 1 fully saturated rings. The van der Waals surface area contributed by atoms with E-state index >= 15 is 0 Å². The quantitative estimate of drug-likeness (QED) is 0.899. The first-order valence-electron chi connectivity index (χ1n) is 8.07. The van der Waals surface area contributed by atoms with Crippen LogP contribution in [0.4, 0.5) is 5.69 Å². The van der Waals surface area contributed by atoms with E-state index in [1.807, 2.05) is 6.20 Å². The Kier molecular flexibility index (Phi) is 5.53. The number of anilines is 1. The van der Waals surface area contributed by atoms with Crippen LogP contribution in [0.3, 0.4) is 0 Å². The standard InChI is InChI=1S/C16H29N5/c1-5-21-8-6-13(7-9-21)20(4)15-11-18-16(12(2)3)19-14(15)10-17/h11-13H,5-10,17H2,1-4H3. The smallest absolute Gasteiger partial charge is 0.131 e. The average Bonchev–Trinajstić information content (AvgIpc) is 2.53. The molecule has 2 rings (SSSR count). The van der Waals surface area contributed by atoms with Crippen LogP contribution in [0.25, 0.3) is 0 Å². The topological polar surface area (TPSA) is 58.3 Å². The van der Waals surface area contributed by atoms with Crippen LogP contribution in [-0.2, 0) is 6.54 Å². The number of hydrogen-bond acceptors (Lipinski definition) is 5. The maximum absolute atomic E-state index is 5.91. The summed E-state index contributed by atoms with van der Waals surface area (Å²) >= 11 is 0. The van der Waals surface area contributed by atoms with Crippen LogP contribution in [0, 0.1) is 0 Å². The zero-order valence-electron chi connectivity index (χ0n) is 13.8. The second-order valence-electron chi connectivity index (χ2n) is 6.20. The van der Waals surface area contributed by atoms with Crippen LogP contribution in [0.5, 0.6) is 0 Å². The van der Waals surface area contributed by atoms with Crippen molar-refractivity contribution in [2.45, 2.75) is 52.1 Å². The third-order valence-corrected chi connectivity index (χ3v) is 4.51. The average molecular weight is 291 g/mol.